The third-order valence-corrected chi connectivity index (χ3v) is 9.28. The summed E-state index contributed by atoms with van der Waals surface area (Å²) in [6.45, 7) is 10.9. The van der Waals surface area contributed by atoms with Crippen LogP contribution in [0, 0.1) is 6.92 Å². The molecule has 218 valence electrons. The molecule has 3 aliphatic rings. The number of hydrogen-bond acceptors (Lipinski definition) is 10. The van der Waals surface area contributed by atoms with Gasteiger partial charge in [-0.25, -0.2) is 4.98 Å². The SMILES string of the molecule is C=CC(=O)N1CCN(c2nc(OCCNC3CCCCC3)nc3c2CCN(c2cc(O)cc4sc(C)nc24)C3)CC1. The Morgan fingerprint density at radius 3 is 2.71 bits per heavy atom. The minimum atomic E-state index is -0.0331. The number of anilines is 2. The third-order valence-electron chi connectivity index (χ3n) is 8.37. The van der Waals surface area contributed by atoms with E-state index in [9.17, 15) is 9.90 Å². The number of carbonyl (C=O) groups excluding carboxylic acids is 1. The number of thiazole rings is 1. The van der Waals surface area contributed by atoms with E-state index in [1.165, 1.54) is 38.2 Å². The van der Waals surface area contributed by atoms with Gasteiger partial charge in [0.15, 0.2) is 0 Å². The van der Waals surface area contributed by atoms with Crippen molar-refractivity contribution in [2.45, 2.75) is 58.0 Å². The van der Waals surface area contributed by atoms with Crippen LogP contribution in [0.4, 0.5) is 11.5 Å². The van der Waals surface area contributed by atoms with Crippen molar-refractivity contribution < 1.29 is 14.6 Å². The van der Waals surface area contributed by atoms with Gasteiger partial charge in [-0.1, -0.05) is 25.8 Å². The van der Waals surface area contributed by atoms with Crippen molar-refractivity contribution in [3.63, 3.8) is 0 Å². The summed E-state index contributed by atoms with van der Waals surface area (Å²) in [6, 6.07) is 4.55. The molecule has 1 saturated carbocycles. The first kappa shape index (κ1) is 27.7. The van der Waals surface area contributed by atoms with E-state index < -0.39 is 0 Å². The first-order valence-corrected chi connectivity index (χ1v) is 15.6. The number of benzene rings is 1. The van der Waals surface area contributed by atoms with Crippen molar-refractivity contribution in [2.24, 2.45) is 0 Å². The van der Waals surface area contributed by atoms with E-state index in [1.807, 2.05) is 11.8 Å². The highest BCUT2D eigenvalue weighted by molar-refractivity contribution is 7.18. The Labute approximate surface area is 245 Å². The van der Waals surface area contributed by atoms with Gasteiger partial charge in [-0.2, -0.15) is 9.97 Å². The summed E-state index contributed by atoms with van der Waals surface area (Å²) in [5.74, 6) is 1.11. The largest absolute Gasteiger partial charge is 0.508 e. The van der Waals surface area contributed by atoms with Crippen LogP contribution in [0.15, 0.2) is 24.8 Å². The highest BCUT2D eigenvalue weighted by Crippen LogP contribution is 2.38. The molecule has 0 unspecified atom stereocenters. The quantitative estimate of drug-likeness (QED) is 0.305. The minimum absolute atomic E-state index is 0.0331. The van der Waals surface area contributed by atoms with Crippen LogP contribution in [0.3, 0.4) is 0 Å². The maximum Gasteiger partial charge on any atom is 0.318 e. The van der Waals surface area contributed by atoms with Crippen LogP contribution in [-0.4, -0.2) is 82.8 Å². The molecular weight excluding hydrogens is 538 g/mol. The molecule has 10 nitrogen and oxygen atoms in total. The number of fused-ring (bicyclic) bond motifs is 2. The van der Waals surface area contributed by atoms with Crippen LogP contribution in [0.25, 0.3) is 10.2 Å². The average molecular weight is 578 g/mol. The number of amides is 1. The molecule has 2 fully saturated rings. The van der Waals surface area contributed by atoms with E-state index in [0.717, 1.165) is 57.5 Å². The third kappa shape index (κ3) is 6.11. The Hall–Kier alpha value is -3.44. The van der Waals surface area contributed by atoms with Crippen LogP contribution in [0.2, 0.25) is 0 Å². The molecule has 0 spiro atoms. The molecule has 0 bridgehead atoms. The number of phenols is 1. The molecule has 1 aromatic carbocycles. The fraction of sp³-hybridized carbons (Fsp3) is 0.533. The number of hydrogen-bond donors (Lipinski definition) is 2. The highest BCUT2D eigenvalue weighted by Gasteiger charge is 2.29. The van der Waals surface area contributed by atoms with Crippen molar-refractivity contribution in [3.05, 3.63) is 41.1 Å². The Bertz CT molecular complexity index is 1410. The zero-order chi connectivity index (χ0) is 28.3. The van der Waals surface area contributed by atoms with E-state index in [1.54, 1.807) is 23.5 Å². The lowest BCUT2D eigenvalue weighted by atomic mass is 9.96. The number of nitrogens with zero attached hydrogens (tertiary/aromatic N) is 6. The monoisotopic (exact) mass is 577 g/mol. The molecule has 4 heterocycles. The second-order valence-corrected chi connectivity index (χ2v) is 12.4. The zero-order valence-electron chi connectivity index (χ0n) is 23.8. The number of piperazine rings is 1. The van der Waals surface area contributed by atoms with Gasteiger partial charge in [0.2, 0.25) is 5.91 Å². The van der Waals surface area contributed by atoms with Gasteiger partial charge in [0.05, 0.1) is 27.6 Å². The molecule has 11 heteroatoms. The molecule has 2 aromatic heterocycles. The molecule has 3 aromatic rings. The lowest BCUT2D eigenvalue weighted by Crippen LogP contribution is -2.49. The number of carbonyl (C=O) groups is 1. The van der Waals surface area contributed by atoms with Gasteiger partial charge in [-0.3, -0.25) is 4.79 Å². The molecular formula is C30H39N7O3S. The smallest absolute Gasteiger partial charge is 0.318 e. The summed E-state index contributed by atoms with van der Waals surface area (Å²) in [4.78, 5) is 33.1. The summed E-state index contributed by atoms with van der Waals surface area (Å²) >= 11 is 1.59. The van der Waals surface area contributed by atoms with Crippen LogP contribution in [-0.2, 0) is 17.8 Å². The predicted octanol–water partition coefficient (Wildman–Crippen LogP) is 3.80. The number of phenolic OH excluding ortho intramolecular Hbond substituents is 1. The summed E-state index contributed by atoms with van der Waals surface area (Å²) in [5.41, 5.74) is 3.90. The number of aryl methyl sites for hydroxylation is 1. The Morgan fingerprint density at radius 2 is 1.93 bits per heavy atom. The molecule has 1 amide bonds. The number of aromatic hydroxyl groups is 1. The number of ether oxygens (including phenoxy) is 1. The van der Waals surface area contributed by atoms with Gasteiger partial charge in [-0.15, -0.1) is 11.3 Å². The number of aromatic nitrogens is 3. The average Bonchev–Trinajstić information content (AvgIpc) is 3.38. The lowest BCUT2D eigenvalue weighted by Gasteiger charge is -2.38. The van der Waals surface area contributed by atoms with E-state index in [4.69, 9.17) is 19.7 Å². The van der Waals surface area contributed by atoms with Gasteiger partial charge in [-0.05, 0) is 38.3 Å². The van der Waals surface area contributed by atoms with Gasteiger partial charge < -0.3 is 29.9 Å². The standard InChI is InChI=1S/C30H39N7O3S/c1-3-27(39)35-12-14-36(15-13-35)29-23-9-11-37(25-17-22(38)18-26-28(25)32-20(2)41-26)19-24(23)33-30(34-29)40-16-10-31-21-7-5-4-6-8-21/h3,17-18,21,31,38H,1,4-16,19H2,2H3. The fourth-order valence-electron chi connectivity index (χ4n) is 6.25. The molecule has 1 aliphatic carbocycles. The Morgan fingerprint density at radius 1 is 1.12 bits per heavy atom. The van der Waals surface area contributed by atoms with E-state index >= 15 is 0 Å². The number of nitrogens with one attached hydrogen (secondary N) is 1. The molecule has 0 radical (unpaired) electrons. The second kappa shape index (κ2) is 12.2. The number of rotatable bonds is 8. The van der Waals surface area contributed by atoms with Gasteiger partial charge in [0, 0.05) is 56.9 Å². The van der Waals surface area contributed by atoms with E-state index in [0.29, 0.717) is 51.4 Å². The minimum Gasteiger partial charge on any atom is -0.508 e. The second-order valence-electron chi connectivity index (χ2n) is 11.1. The predicted molar refractivity (Wildman–Crippen MR) is 162 cm³/mol. The van der Waals surface area contributed by atoms with Crippen LogP contribution in [0.1, 0.15) is 48.4 Å². The molecule has 2 N–H and O–H groups in total. The van der Waals surface area contributed by atoms with E-state index in [2.05, 4.69) is 21.7 Å². The van der Waals surface area contributed by atoms with Crippen LogP contribution < -0.4 is 19.9 Å². The summed E-state index contributed by atoms with van der Waals surface area (Å²) in [5, 5.41) is 15.1. The Kier molecular flexibility index (Phi) is 8.25. The molecule has 6 rings (SSSR count). The van der Waals surface area contributed by atoms with E-state index in [-0.39, 0.29) is 11.7 Å². The molecule has 2 aliphatic heterocycles. The summed E-state index contributed by atoms with van der Waals surface area (Å²) in [7, 11) is 0. The molecule has 1 saturated heterocycles. The van der Waals surface area contributed by atoms with Crippen LogP contribution in [0.5, 0.6) is 11.8 Å². The van der Waals surface area contributed by atoms with Crippen molar-refractivity contribution in [1.82, 2.24) is 25.2 Å². The molecule has 0 atom stereocenters. The normalized spacial score (nSPS) is 18.0. The first-order chi connectivity index (χ1) is 20.0. The zero-order valence-corrected chi connectivity index (χ0v) is 24.6. The highest BCUT2D eigenvalue weighted by atomic mass is 32.1. The summed E-state index contributed by atoms with van der Waals surface area (Å²) < 4.78 is 7.13. The van der Waals surface area contributed by atoms with Crippen molar-refractivity contribution in [1.29, 1.82) is 0 Å². The fourth-order valence-corrected chi connectivity index (χ4v) is 7.13. The first-order valence-electron chi connectivity index (χ1n) is 14.8. The topological polar surface area (TPSA) is 107 Å². The van der Waals surface area contributed by atoms with Crippen molar-refractivity contribution >= 4 is 39.0 Å². The van der Waals surface area contributed by atoms with Crippen molar-refractivity contribution in [3.8, 4) is 11.8 Å². The summed E-state index contributed by atoms with van der Waals surface area (Å²) in [6.07, 6.45) is 8.54. The lowest BCUT2D eigenvalue weighted by molar-refractivity contribution is -0.126. The molecule has 41 heavy (non-hydrogen) atoms. The van der Waals surface area contributed by atoms with Crippen molar-refractivity contribution in [2.75, 3.05) is 55.7 Å². The van der Waals surface area contributed by atoms with Gasteiger partial charge in [0.1, 0.15) is 23.7 Å². The maximum absolute atomic E-state index is 12.2. The van der Waals surface area contributed by atoms with Crippen LogP contribution >= 0.6 is 11.3 Å². The van der Waals surface area contributed by atoms with Gasteiger partial charge >= 0.3 is 6.01 Å². The Balaban J connectivity index is 1.24. The maximum atomic E-state index is 12.2. The van der Waals surface area contributed by atoms with Gasteiger partial charge in [0.25, 0.3) is 0 Å².